The number of carbonyl (C=O) groups is 2. The summed E-state index contributed by atoms with van der Waals surface area (Å²) in [5.41, 5.74) is 0.750. The summed E-state index contributed by atoms with van der Waals surface area (Å²) in [5.74, 6) is -0.224. The van der Waals surface area contributed by atoms with Gasteiger partial charge in [0.15, 0.2) is 0 Å². The van der Waals surface area contributed by atoms with Crippen LogP contribution in [0.5, 0.6) is 0 Å². The van der Waals surface area contributed by atoms with Crippen LogP contribution in [0.4, 0.5) is 0 Å². The molecule has 1 saturated heterocycles. The molecule has 1 aromatic carbocycles. The zero-order valence-electron chi connectivity index (χ0n) is 13.4. The highest BCUT2D eigenvalue weighted by atomic mass is 35.5. The third kappa shape index (κ3) is 4.24. The Morgan fingerprint density at radius 3 is 2.24 bits per heavy atom. The molecule has 0 saturated carbocycles. The van der Waals surface area contributed by atoms with Crippen molar-refractivity contribution in [2.24, 2.45) is 0 Å². The van der Waals surface area contributed by atoms with Gasteiger partial charge < -0.3 is 9.80 Å². The van der Waals surface area contributed by atoms with E-state index in [2.05, 4.69) is 10.2 Å². The second-order valence-electron chi connectivity index (χ2n) is 5.78. The van der Waals surface area contributed by atoms with Crippen molar-refractivity contribution in [3.8, 4) is 0 Å². The molecule has 8 heteroatoms. The molecule has 2 aromatic rings. The first-order chi connectivity index (χ1) is 12.0. The van der Waals surface area contributed by atoms with Gasteiger partial charge in [0.05, 0.1) is 6.42 Å². The number of aromatic amines is 1. The molecule has 1 aliphatic rings. The zero-order chi connectivity index (χ0) is 17.8. The molecule has 0 unspecified atom stereocenters. The van der Waals surface area contributed by atoms with Crippen LogP contribution in [0.2, 0.25) is 5.02 Å². The maximum absolute atomic E-state index is 12.4. The summed E-state index contributed by atoms with van der Waals surface area (Å²) in [4.78, 5) is 39.1. The quantitative estimate of drug-likeness (QED) is 0.883. The standard InChI is InChI=1S/C17H17ClN4O3/c18-13-3-1-12(2-4-13)11-16(24)21-7-9-22(10-8-21)17(25)14-5-6-15(23)20-19-14/h1-6H,7-11H2,(H,20,23). The number of aromatic nitrogens is 2. The van der Waals surface area contributed by atoms with Crippen LogP contribution in [-0.4, -0.2) is 58.0 Å². The van der Waals surface area contributed by atoms with Crippen molar-refractivity contribution in [3.05, 3.63) is 63.0 Å². The van der Waals surface area contributed by atoms with Gasteiger partial charge in [0.1, 0.15) is 5.69 Å². The maximum Gasteiger partial charge on any atom is 0.274 e. The van der Waals surface area contributed by atoms with E-state index in [1.165, 1.54) is 12.1 Å². The predicted molar refractivity (Wildman–Crippen MR) is 92.5 cm³/mol. The van der Waals surface area contributed by atoms with E-state index in [9.17, 15) is 14.4 Å². The summed E-state index contributed by atoms with van der Waals surface area (Å²) in [5, 5.41) is 6.64. The van der Waals surface area contributed by atoms with Gasteiger partial charge in [-0.2, -0.15) is 5.10 Å². The Labute approximate surface area is 149 Å². The molecule has 0 aliphatic carbocycles. The van der Waals surface area contributed by atoms with Crippen molar-refractivity contribution in [3.63, 3.8) is 0 Å². The Morgan fingerprint density at radius 2 is 1.64 bits per heavy atom. The molecular weight excluding hydrogens is 344 g/mol. The number of hydrogen-bond donors (Lipinski definition) is 1. The van der Waals surface area contributed by atoms with Gasteiger partial charge in [-0.1, -0.05) is 23.7 Å². The number of piperazine rings is 1. The third-order valence-electron chi connectivity index (χ3n) is 4.09. The summed E-state index contributed by atoms with van der Waals surface area (Å²) >= 11 is 5.84. The molecule has 1 aromatic heterocycles. The molecule has 25 heavy (non-hydrogen) atoms. The van der Waals surface area contributed by atoms with Crippen LogP contribution in [-0.2, 0) is 11.2 Å². The Morgan fingerprint density at radius 1 is 1.00 bits per heavy atom. The zero-order valence-corrected chi connectivity index (χ0v) is 14.2. The molecule has 130 valence electrons. The fourth-order valence-electron chi connectivity index (χ4n) is 2.67. The van der Waals surface area contributed by atoms with Crippen molar-refractivity contribution in [1.82, 2.24) is 20.0 Å². The first-order valence-corrected chi connectivity index (χ1v) is 8.28. The average Bonchev–Trinajstić information content (AvgIpc) is 2.64. The molecule has 2 amide bonds. The highest BCUT2D eigenvalue weighted by molar-refractivity contribution is 6.30. The van der Waals surface area contributed by atoms with Crippen molar-refractivity contribution >= 4 is 23.4 Å². The monoisotopic (exact) mass is 360 g/mol. The number of rotatable bonds is 3. The highest BCUT2D eigenvalue weighted by Gasteiger charge is 2.25. The van der Waals surface area contributed by atoms with Crippen LogP contribution in [0.15, 0.2) is 41.2 Å². The van der Waals surface area contributed by atoms with Gasteiger partial charge in [-0.05, 0) is 23.8 Å². The van der Waals surface area contributed by atoms with Crippen molar-refractivity contribution in [1.29, 1.82) is 0 Å². The number of hydrogen-bond acceptors (Lipinski definition) is 4. The maximum atomic E-state index is 12.4. The second kappa shape index (κ2) is 7.48. The van der Waals surface area contributed by atoms with Crippen LogP contribution in [0.1, 0.15) is 16.1 Å². The molecule has 0 atom stereocenters. The van der Waals surface area contributed by atoms with Gasteiger partial charge in [0, 0.05) is 37.3 Å². The molecule has 0 bridgehead atoms. The van der Waals surface area contributed by atoms with E-state index in [-0.39, 0.29) is 23.1 Å². The Hall–Kier alpha value is -2.67. The minimum atomic E-state index is -0.353. The second-order valence-corrected chi connectivity index (χ2v) is 6.22. The molecule has 1 aliphatic heterocycles. The van der Waals surface area contributed by atoms with Gasteiger partial charge in [0.2, 0.25) is 5.91 Å². The fourth-order valence-corrected chi connectivity index (χ4v) is 2.80. The van der Waals surface area contributed by atoms with Gasteiger partial charge in [-0.3, -0.25) is 14.4 Å². The van der Waals surface area contributed by atoms with E-state index >= 15 is 0 Å². The van der Waals surface area contributed by atoms with Gasteiger partial charge in [0.25, 0.3) is 11.5 Å². The Kier molecular flexibility index (Phi) is 5.14. The molecular formula is C17H17ClN4O3. The number of halogens is 1. The first kappa shape index (κ1) is 17.2. The first-order valence-electron chi connectivity index (χ1n) is 7.90. The predicted octanol–water partition coefficient (Wildman–Crippen LogP) is 0.950. The minimum absolute atomic E-state index is 0.0246. The SMILES string of the molecule is O=C(Cc1ccc(Cl)cc1)N1CCN(C(=O)c2ccc(=O)[nH]n2)CC1. The van der Waals surface area contributed by atoms with E-state index in [1.54, 1.807) is 21.9 Å². The summed E-state index contributed by atoms with van der Waals surface area (Å²) in [6.07, 6.45) is 0.312. The Bertz CT molecular complexity index is 806. The smallest absolute Gasteiger partial charge is 0.274 e. The number of nitrogens with one attached hydrogen (secondary N) is 1. The molecule has 0 spiro atoms. The lowest BCUT2D eigenvalue weighted by atomic mass is 10.1. The van der Waals surface area contributed by atoms with E-state index in [1.807, 2.05) is 12.1 Å². The van der Waals surface area contributed by atoms with Crippen LogP contribution in [0.25, 0.3) is 0 Å². The topological polar surface area (TPSA) is 86.4 Å². The highest BCUT2D eigenvalue weighted by Crippen LogP contribution is 2.12. The van der Waals surface area contributed by atoms with E-state index < -0.39 is 0 Å². The largest absolute Gasteiger partial charge is 0.339 e. The molecule has 1 N–H and O–H groups in total. The Balaban J connectivity index is 1.55. The van der Waals surface area contributed by atoms with E-state index in [0.29, 0.717) is 37.6 Å². The van der Waals surface area contributed by atoms with E-state index in [0.717, 1.165) is 5.56 Å². The lowest BCUT2D eigenvalue weighted by Crippen LogP contribution is -2.51. The van der Waals surface area contributed by atoms with Crippen molar-refractivity contribution in [2.75, 3.05) is 26.2 Å². The van der Waals surface area contributed by atoms with Crippen LogP contribution >= 0.6 is 11.6 Å². The normalized spacial score (nSPS) is 14.4. The van der Waals surface area contributed by atoms with Crippen LogP contribution in [0, 0.1) is 0 Å². The average molecular weight is 361 g/mol. The summed E-state index contributed by atoms with van der Waals surface area (Å²) in [6, 6.07) is 9.87. The molecule has 2 heterocycles. The lowest BCUT2D eigenvalue weighted by Gasteiger charge is -2.34. The van der Waals surface area contributed by atoms with Crippen LogP contribution < -0.4 is 5.56 Å². The summed E-state index contributed by atoms with van der Waals surface area (Å²) < 4.78 is 0. The summed E-state index contributed by atoms with van der Waals surface area (Å²) in [6.45, 7) is 1.82. The number of benzene rings is 1. The van der Waals surface area contributed by atoms with Crippen LogP contribution in [0.3, 0.4) is 0 Å². The number of H-pyrrole nitrogens is 1. The fraction of sp³-hybridized carbons (Fsp3) is 0.294. The van der Waals surface area contributed by atoms with Crippen molar-refractivity contribution in [2.45, 2.75) is 6.42 Å². The number of carbonyl (C=O) groups excluding carboxylic acids is 2. The van der Waals surface area contributed by atoms with Gasteiger partial charge in [-0.15, -0.1) is 0 Å². The van der Waals surface area contributed by atoms with Crippen molar-refractivity contribution < 1.29 is 9.59 Å². The van der Waals surface area contributed by atoms with Gasteiger partial charge >= 0.3 is 0 Å². The number of nitrogens with zero attached hydrogens (tertiary/aromatic N) is 3. The molecule has 0 radical (unpaired) electrons. The minimum Gasteiger partial charge on any atom is -0.339 e. The van der Waals surface area contributed by atoms with Gasteiger partial charge in [-0.25, -0.2) is 5.10 Å². The molecule has 7 nitrogen and oxygen atoms in total. The molecule has 3 rings (SSSR count). The lowest BCUT2D eigenvalue weighted by molar-refractivity contribution is -0.131. The molecule has 1 fully saturated rings. The van der Waals surface area contributed by atoms with E-state index in [4.69, 9.17) is 11.6 Å². The summed E-state index contributed by atoms with van der Waals surface area (Å²) in [7, 11) is 0. The third-order valence-corrected chi connectivity index (χ3v) is 4.34. The number of amides is 2.